The van der Waals surface area contributed by atoms with Crippen molar-refractivity contribution < 1.29 is 4.79 Å². The predicted octanol–water partition coefficient (Wildman–Crippen LogP) is 0.773. The Morgan fingerprint density at radius 2 is 2.54 bits per heavy atom. The zero-order valence-corrected chi connectivity index (χ0v) is 8.25. The van der Waals surface area contributed by atoms with Crippen molar-refractivity contribution >= 4 is 5.91 Å². The van der Waals surface area contributed by atoms with Gasteiger partial charge in [-0.1, -0.05) is 13.0 Å². The van der Waals surface area contributed by atoms with E-state index >= 15 is 0 Å². The minimum Gasteiger partial charge on any atom is -0.338 e. The van der Waals surface area contributed by atoms with Crippen molar-refractivity contribution in [3.05, 3.63) is 12.7 Å². The first-order valence-electron chi connectivity index (χ1n) is 4.92. The van der Waals surface area contributed by atoms with Crippen LogP contribution in [-0.4, -0.2) is 36.5 Å². The lowest BCUT2D eigenvalue weighted by molar-refractivity contribution is -0.135. The molecular formula is C10H18N2O. The summed E-state index contributed by atoms with van der Waals surface area (Å²) < 4.78 is 0. The summed E-state index contributed by atoms with van der Waals surface area (Å²) in [6.45, 7) is 8.10. The SMILES string of the molecule is C=CCN1CCCC(NCC)C1=O. The Morgan fingerprint density at radius 3 is 3.15 bits per heavy atom. The smallest absolute Gasteiger partial charge is 0.239 e. The van der Waals surface area contributed by atoms with Crippen LogP contribution in [0.4, 0.5) is 0 Å². The Balaban J connectivity index is 2.49. The third-order valence-electron chi connectivity index (χ3n) is 2.33. The van der Waals surface area contributed by atoms with Crippen molar-refractivity contribution in [2.24, 2.45) is 0 Å². The maximum absolute atomic E-state index is 11.7. The van der Waals surface area contributed by atoms with Gasteiger partial charge in [0.25, 0.3) is 0 Å². The molecule has 0 aliphatic carbocycles. The normalized spacial score (nSPS) is 23.3. The minimum atomic E-state index is 0.0405. The van der Waals surface area contributed by atoms with Crippen LogP contribution >= 0.6 is 0 Å². The molecule has 1 fully saturated rings. The van der Waals surface area contributed by atoms with Crippen molar-refractivity contribution in [3.8, 4) is 0 Å². The maximum atomic E-state index is 11.7. The average molecular weight is 182 g/mol. The summed E-state index contributed by atoms with van der Waals surface area (Å²) in [5.41, 5.74) is 0. The highest BCUT2D eigenvalue weighted by atomic mass is 16.2. The van der Waals surface area contributed by atoms with Gasteiger partial charge < -0.3 is 10.2 Å². The number of piperidine rings is 1. The van der Waals surface area contributed by atoms with E-state index in [9.17, 15) is 4.79 Å². The Labute approximate surface area is 79.8 Å². The number of amides is 1. The summed E-state index contributed by atoms with van der Waals surface area (Å²) in [5, 5.41) is 3.20. The third kappa shape index (κ3) is 2.56. The quantitative estimate of drug-likeness (QED) is 0.651. The van der Waals surface area contributed by atoms with E-state index < -0.39 is 0 Å². The predicted molar refractivity (Wildman–Crippen MR) is 53.5 cm³/mol. The molecule has 1 saturated heterocycles. The Morgan fingerprint density at radius 1 is 1.77 bits per heavy atom. The number of hydrogen-bond acceptors (Lipinski definition) is 2. The van der Waals surface area contributed by atoms with Crippen LogP contribution in [0, 0.1) is 0 Å². The first-order valence-corrected chi connectivity index (χ1v) is 4.92. The van der Waals surface area contributed by atoms with Crippen LogP contribution in [0.25, 0.3) is 0 Å². The number of likely N-dealkylation sites (tertiary alicyclic amines) is 1. The molecule has 1 amide bonds. The topological polar surface area (TPSA) is 32.3 Å². The highest BCUT2D eigenvalue weighted by Gasteiger charge is 2.26. The van der Waals surface area contributed by atoms with E-state index in [-0.39, 0.29) is 11.9 Å². The molecule has 0 aromatic rings. The van der Waals surface area contributed by atoms with E-state index in [4.69, 9.17) is 0 Å². The van der Waals surface area contributed by atoms with E-state index in [1.807, 2.05) is 11.8 Å². The summed E-state index contributed by atoms with van der Waals surface area (Å²) in [5.74, 6) is 0.230. The van der Waals surface area contributed by atoms with Gasteiger partial charge >= 0.3 is 0 Å². The Bertz CT molecular complexity index is 189. The number of rotatable bonds is 4. The molecule has 1 unspecified atom stereocenters. The highest BCUT2D eigenvalue weighted by molar-refractivity contribution is 5.82. The van der Waals surface area contributed by atoms with E-state index in [2.05, 4.69) is 11.9 Å². The highest BCUT2D eigenvalue weighted by Crippen LogP contribution is 2.11. The van der Waals surface area contributed by atoms with Crippen molar-refractivity contribution in [1.82, 2.24) is 10.2 Å². The Hall–Kier alpha value is -0.830. The fourth-order valence-corrected chi connectivity index (χ4v) is 1.71. The molecule has 3 heteroatoms. The van der Waals surface area contributed by atoms with Crippen LogP contribution in [0.2, 0.25) is 0 Å². The zero-order valence-electron chi connectivity index (χ0n) is 8.25. The van der Waals surface area contributed by atoms with Crippen LogP contribution < -0.4 is 5.32 Å². The van der Waals surface area contributed by atoms with Gasteiger partial charge in [0.05, 0.1) is 6.04 Å². The van der Waals surface area contributed by atoms with Gasteiger partial charge in [-0.3, -0.25) is 4.79 Å². The molecule has 0 aromatic carbocycles. The molecule has 0 bridgehead atoms. The summed E-state index contributed by atoms with van der Waals surface area (Å²) in [6.07, 6.45) is 3.85. The molecule has 1 N–H and O–H groups in total. The molecule has 1 heterocycles. The average Bonchev–Trinajstić information content (AvgIpc) is 2.13. The molecule has 1 aliphatic heterocycles. The molecule has 13 heavy (non-hydrogen) atoms. The number of likely N-dealkylation sites (N-methyl/N-ethyl adjacent to an activating group) is 1. The molecule has 0 radical (unpaired) electrons. The van der Waals surface area contributed by atoms with Gasteiger partial charge in [0.1, 0.15) is 0 Å². The van der Waals surface area contributed by atoms with Crippen molar-refractivity contribution in [1.29, 1.82) is 0 Å². The van der Waals surface area contributed by atoms with Gasteiger partial charge in [-0.05, 0) is 19.4 Å². The van der Waals surface area contributed by atoms with Crippen molar-refractivity contribution in [2.75, 3.05) is 19.6 Å². The largest absolute Gasteiger partial charge is 0.338 e. The van der Waals surface area contributed by atoms with E-state index in [1.165, 1.54) is 0 Å². The fraction of sp³-hybridized carbons (Fsp3) is 0.700. The number of nitrogens with zero attached hydrogens (tertiary/aromatic N) is 1. The monoisotopic (exact) mass is 182 g/mol. The molecular weight excluding hydrogens is 164 g/mol. The van der Waals surface area contributed by atoms with Gasteiger partial charge in [0.2, 0.25) is 5.91 Å². The number of nitrogens with one attached hydrogen (secondary N) is 1. The van der Waals surface area contributed by atoms with E-state index in [0.717, 1.165) is 25.9 Å². The Kier molecular flexibility index (Phi) is 3.96. The van der Waals surface area contributed by atoms with Crippen LogP contribution in [0.3, 0.4) is 0 Å². The molecule has 74 valence electrons. The summed E-state index contributed by atoms with van der Waals surface area (Å²) in [4.78, 5) is 13.6. The lowest BCUT2D eigenvalue weighted by Gasteiger charge is -2.31. The molecule has 0 spiro atoms. The van der Waals surface area contributed by atoms with Gasteiger partial charge in [-0.25, -0.2) is 0 Å². The van der Waals surface area contributed by atoms with Crippen LogP contribution in [-0.2, 0) is 4.79 Å². The van der Waals surface area contributed by atoms with Crippen LogP contribution in [0.15, 0.2) is 12.7 Å². The summed E-state index contributed by atoms with van der Waals surface area (Å²) in [7, 11) is 0. The van der Waals surface area contributed by atoms with Crippen LogP contribution in [0.1, 0.15) is 19.8 Å². The maximum Gasteiger partial charge on any atom is 0.239 e. The van der Waals surface area contributed by atoms with Gasteiger partial charge in [-0.15, -0.1) is 6.58 Å². The van der Waals surface area contributed by atoms with Crippen LogP contribution in [0.5, 0.6) is 0 Å². The summed E-state index contributed by atoms with van der Waals surface area (Å²) in [6, 6.07) is 0.0405. The second-order valence-corrected chi connectivity index (χ2v) is 3.33. The zero-order chi connectivity index (χ0) is 9.68. The molecule has 0 saturated carbocycles. The molecule has 1 rings (SSSR count). The molecule has 3 nitrogen and oxygen atoms in total. The first kappa shape index (κ1) is 10.3. The molecule has 1 aliphatic rings. The fourth-order valence-electron chi connectivity index (χ4n) is 1.71. The van der Waals surface area contributed by atoms with Gasteiger partial charge in [-0.2, -0.15) is 0 Å². The minimum absolute atomic E-state index is 0.0405. The van der Waals surface area contributed by atoms with Gasteiger partial charge in [0, 0.05) is 13.1 Å². The van der Waals surface area contributed by atoms with Crippen molar-refractivity contribution in [3.63, 3.8) is 0 Å². The molecule has 1 atom stereocenters. The lowest BCUT2D eigenvalue weighted by Crippen LogP contribution is -2.50. The standard InChI is InChI=1S/C10H18N2O/c1-3-7-12-8-5-6-9(10(12)13)11-4-2/h3,9,11H,1,4-8H2,2H3. The third-order valence-corrected chi connectivity index (χ3v) is 2.33. The number of carbonyl (C=O) groups is 1. The van der Waals surface area contributed by atoms with Gasteiger partial charge in [0.15, 0.2) is 0 Å². The first-order chi connectivity index (χ1) is 6.29. The molecule has 0 aromatic heterocycles. The van der Waals surface area contributed by atoms with Crippen molar-refractivity contribution in [2.45, 2.75) is 25.8 Å². The number of hydrogen-bond donors (Lipinski definition) is 1. The summed E-state index contributed by atoms with van der Waals surface area (Å²) >= 11 is 0. The number of carbonyl (C=O) groups excluding carboxylic acids is 1. The van der Waals surface area contributed by atoms with E-state index in [1.54, 1.807) is 6.08 Å². The van der Waals surface area contributed by atoms with E-state index in [0.29, 0.717) is 6.54 Å². The second-order valence-electron chi connectivity index (χ2n) is 3.33. The second kappa shape index (κ2) is 5.02. The lowest BCUT2D eigenvalue weighted by atomic mass is 10.0.